The van der Waals surface area contributed by atoms with Crippen molar-refractivity contribution in [3.8, 4) is 0 Å². The standard InChI is InChI=1S/C8H9NO6.3C7H13N.C4H5ClO3.C2H3ClO2.3C2H2O4.3C2H4O2.3CH4.3Pt/c10-5-1-2-6(11)9(5)15-8(14)4-3-7(12)13;3*1-6-4-2-3-5-7(6)8;5-3(6)1-2-4(7)8;3-1-2(4)5;3*3-1(4)2(5)6;3*1-2(3)4;;;;;;/h1-4H2,(H,12,13);3*6-8H,1-5H2;1-2H2,(H,7,8);1H2,(H,4,5);3*(H,3,4)(H,5,6);3*1H3,(H,3,4);3*1H4;;;/q;3*-2;;;;;;;;;;;;3*+2/t;3*6-,7-;;;;;;;;;;;;;;/m.111............../s1. The average molecular weight is 1860 g/mol. The van der Waals surface area contributed by atoms with Crippen molar-refractivity contribution in [1.82, 2.24) is 5.06 Å². The second-order valence-electron chi connectivity index (χ2n) is 16.1. The Balaban J connectivity index is -0.0000000574. The number of alkyl halides is 1. The number of halogens is 2. The van der Waals surface area contributed by atoms with E-state index in [4.69, 9.17) is 145 Å². The van der Waals surface area contributed by atoms with E-state index in [-0.39, 0.29) is 142 Å². The van der Waals surface area contributed by atoms with E-state index in [1.807, 2.05) is 0 Å². The van der Waals surface area contributed by atoms with Crippen LogP contribution in [0.3, 0.4) is 0 Å². The number of imide groups is 1. The smallest absolute Gasteiger partial charge is 0.677 e. The summed E-state index contributed by atoms with van der Waals surface area (Å²) in [7, 11) is 0. The molecule has 33 nitrogen and oxygen atoms in total. The zero-order valence-electron chi connectivity index (χ0n) is 46.0. The molecule has 0 aromatic rings. The van der Waals surface area contributed by atoms with Crippen LogP contribution in [0.25, 0.3) is 17.2 Å². The molecule has 0 spiro atoms. The van der Waals surface area contributed by atoms with Crippen LogP contribution < -0.4 is 0 Å². The van der Waals surface area contributed by atoms with Crippen molar-refractivity contribution >= 4 is 118 Å². The van der Waals surface area contributed by atoms with E-state index < -0.39 is 101 Å². The molecule has 524 valence electrons. The molecular weight excluding hydrogens is 1780 g/mol. The van der Waals surface area contributed by atoms with Crippen LogP contribution in [0.5, 0.6) is 0 Å². The minimum absolute atomic E-state index is 0. The number of nitrogens with zero attached hydrogens (tertiary/aromatic N) is 1. The predicted molar refractivity (Wildman–Crippen MR) is 302 cm³/mol. The molecule has 4 fully saturated rings. The molecule has 38 heteroatoms. The molecule has 3 saturated carbocycles. The Morgan fingerprint density at radius 2 is 0.625 bits per heavy atom. The van der Waals surface area contributed by atoms with E-state index in [0.717, 1.165) is 40.0 Å². The molecule has 0 radical (unpaired) electrons. The fourth-order valence-corrected chi connectivity index (χ4v) is 4.94. The molecule has 0 unspecified atom stereocenters. The van der Waals surface area contributed by atoms with Crippen LogP contribution in [-0.4, -0.2) is 185 Å². The van der Waals surface area contributed by atoms with Crippen molar-refractivity contribution in [2.45, 2.75) is 177 Å². The number of hydrogen-bond acceptors (Lipinski definition) is 17. The molecule has 0 bridgehead atoms. The predicted octanol–water partition coefficient (Wildman–Crippen LogP) is 7.32. The Morgan fingerprint density at radius 3 is 0.750 bits per heavy atom. The Kier molecular flexibility index (Phi) is 100. The van der Waals surface area contributed by atoms with Crippen molar-refractivity contribution in [2.24, 2.45) is 17.8 Å². The molecule has 1 saturated heterocycles. The van der Waals surface area contributed by atoms with Gasteiger partial charge in [0.2, 0.25) is 5.24 Å². The number of nitrogens with one attached hydrogen (secondary N) is 3. The van der Waals surface area contributed by atoms with Gasteiger partial charge in [-0.05, 0) is 11.6 Å². The SMILES string of the molecule is C.C.C.CC(=O)O.CC(=O)O.CC(=O)O.O=C(O)C(=O)O.O=C(O)C(=O)O.O=C(O)C(=O)O.O=C(O)CCC(=O)Cl.O=C(O)CCC(=O)ON1C(=O)CCC1=O.O=C(O)CCl.[CH2-][C@@H]1CCCC[C@H]1[NH-].[CH2-][C@@H]1CCCC[C@H]1[NH-].[CH2-][C@@H]1CCCC[C@H]1[NH-].[Pt+2].[Pt+2].[Pt+2]. The summed E-state index contributed by atoms with van der Waals surface area (Å²) in [6.07, 6.45) is 13.4. The number of hydrogen-bond donors (Lipinski definition) is 12. The van der Waals surface area contributed by atoms with Gasteiger partial charge in [-0.25, -0.2) is 33.6 Å². The van der Waals surface area contributed by atoms with E-state index in [1.54, 1.807) is 0 Å². The molecular formula is C50H86Cl2N4O29Pt3. The van der Waals surface area contributed by atoms with Crippen molar-refractivity contribution in [1.29, 1.82) is 0 Å². The summed E-state index contributed by atoms with van der Waals surface area (Å²) in [4.78, 5) is 158. The molecule has 0 aromatic carbocycles. The Hall–Kier alpha value is -5.56. The van der Waals surface area contributed by atoms with Gasteiger partial charge >= 0.3 is 123 Å². The maximum absolute atomic E-state index is 11.0. The van der Waals surface area contributed by atoms with Crippen molar-refractivity contribution < 1.29 is 206 Å². The number of aliphatic carboxylic acids is 12. The van der Waals surface area contributed by atoms with Crippen molar-refractivity contribution in [2.75, 3.05) is 5.88 Å². The maximum Gasteiger partial charge on any atom is 2.00 e. The zero-order valence-corrected chi connectivity index (χ0v) is 54.3. The van der Waals surface area contributed by atoms with E-state index in [1.165, 1.54) is 57.8 Å². The van der Waals surface area contributed by atoms with E-state index in [0.29, 0.717) is 22.8 Å². The van der Waals surface area contributed by atoms with E-state index >= 15 is 0 Å². The second-order valence-corrected chi connectivity index (χ2v) is 16.7. The summed E-state index contributed by atoms with van der Waals surface area (Å²) in [5.41, 5.74) is 22.2. The molecule has 1 heterocycles. The topological polar surface area (TPSA) is 600 Å². The van der Waals surface area contributed by atoms with Crippen LogP contribution in [0.2, 0.25) is 0 Å². The van der Waals surface area contributed by atoms with Crippen LogP contribution >= 0.6 is 23.2 Å². The average Bonchev–Trinajstić information content (AvgIpc) is 3.66. The normalized spacial score (nSPS) is 17.1. The van der Waals surface area contributed by atoms with Gasteiger partial charge in [0.05, 0.1) is 19.3 Å². The maximum atomic E-state index is 11.0. The Morgan fingerprint density at radius 1 is 0.432 bits per heavy atom. The molecule has 4 rings (SSSR count). The van der Waals surface area contributed by atoms with Crippen molar-refractivity contribution in [3.05, 3.63) is 38.0 Å². The van der Waals surface area contributed by atoms with E-state index in [2.05, 4.69) is 25.6 Å². The summed E-state index contributed by atoms with van der Waals surface area (Å²) in [6, 6.07) is 0.427. The van der Waals surface area contributed by atoms with Gasteiger partial charge in [-0.1, -0.05) is 99.3 Å². The minimum Gasteiger partial charge on any atom is -0.677 e. The molecule has 4 aliphatic rings. The summed E-state index contributed by atoms with van der Waals surface area (Å²) < 4.78 is 0. The van der Waals surface area contributed by atoms with Crippen LogP contribution in [0.15, 0.2) is 0 Å². The van der Waals surface area contributed by atoms with Gasteiger partial charge in [0.15, 0.2) is 0 Å². The molecule has 2 amide bonds. The van der Waals surface area contributed by atoms with Gasteiger partial charge in [-0.2, -0.15) is 35.9 Å². The number of carboxylic acids is 12. The fourth-order valence-electron chi connectivity index (χ4n) is 4.84. The van der Waals surface area contributed by atoms with Crippen LogP contribution in [0.4, 0.5) is 0 Å². The molecule has 0 aromatic heterocycles. The number of carboxylic acid groups (broad SMARTS) is 12. The summed E-state index contributed by atoms with van der Waals surface area (Å²) in [6.45, 7) is 14.9. The third kappa shape index (κ3) is 108. The van der Waals surface area contributed by atoms with Gasteiger partial charge in [-0.3, -0.25) is 43.2 Å². The minimum atomic E-state index is -1.82. The number of carbonyl (C=O) groups excluding carboxylic acids is 4. The van der Waals surface area contributed by atoms with Gasteiger partial charge in [0.1, 0.15) is 5.88 Å². The van der Waals surface area contributed by atoms with Gasteiger partial charge in [0.25, 0.3) is 29.7 Å². The number of carbonyl (C=O) groups is 16. The first-order valence-electron chi connectivity index (χ1n) is 23.5. The molecule has 3 aliphatic carbocycles. The largest absolute Gasteiger partial charge is 2.00 e. The quantitative estimate of drug-likeness (QED) is 0.0372. The first kappa shape index (κ1) is 117. The number of amides is 2. The molecule has 15 N–H and O–H groups in total. The van der Waals surface area contributed by atoms with Crippen molar-refractivity contribution in [3.63, 3.8) is 0 Å². The Labute approximate surface area is 563 Å². The monoisotopic (exact) mass is 1860 g/mol. The van der Waals surface area contributed by atoms with Crippen LogP contribution in [0, 0.1) is 38.5 Å². The summed E-state index contributed by atoms with van der Waals surface area (Å²) in [5, 5.41) is 90.2. The first-order chi connectivity index (χ1) is 37.4. The third-order valence-corrected chi connectivity index (χ3v) is 9.09. The fraction of sp³-hybridized carbons (Fsp3) is 0.620. The van der Waals surface area contributed by atoms with Crippen LogP contribution in [-0.2, 0) is 145 Å². The number of rotatable bonds is 8. The summed E-state index contributed by atoms with van der Waals surface area (Å²) in [5.74, 6) is -17.7. The molecule has 88 heavy (non-hydrogen) atoms. The second kappa shape index (κ2) is 75.7. The third-order valence-electron chi connectivity index (χ3n) is 8.67. The summed E-state index contributed by atoms with van der Waals surface area (Å²) >= 11 is 9.56. The van der Waals surface area contributed by atoms with Crippen LogP contribution in [0.1, 0.15) is 159 Å². The number of hydroxylamine groups is 2. The molecule has 1 aliphatic heterocycles. The van der Waals surface area contributed by atoms with Gasteiger partial charge in [0, 0.05) is 40.0 Å². The van der Waals surface area contributed by atoms with Gasteiger partial charge < -0.3 is 104 Å². The molecule has 6 atom stereocenters. The van der Waals surface area contributed by atoms with Gasteiger partial charge in [-0.15, -0.1) is 16.7 Å². The Bertz CT molecular complexity index is 1770. The van der Waals surface area contributed by atoms with E-state index in [9.17, 15) is 33.6 Å². The first-order valence-corrected chi connectivity index (χ1v) is 24.4. The zero-order chi connectivity index (χ0) is 66.4.